The van der Waals surface area contributed by atoms with E-state index < -0.39 is 12.2 Å². The van der Waals surface area contributed by atoms with Crippen LogP contribution in [0.2, 0.25) is 0 Å². The van der Waals surface area contributed by atoms with E-state index >= 15 is 0 Å². The number of hydrogen-bond acceptors (Lipinski definition) is 2. The Bertz CT molecular complexity index is 495. The third-order valence-electron chi connectivity index (χ3n) is 3.33. The topological polar surface area (TPSA) is 65.1 Å². The molecule has 0 spiro atoms. The first-order valence-electron chi connectivity index (χ1n) is 6.25. The van der Waals surface area contributed by atoms with Gasteiger partial charge in [0.2, 0.25) is 0 Å². The summed E-state index contributed by atoms with van der Waals surface area (Å²) in [6, 6.07) is 4.38. The normalized spacial score (nSPS) is 17.7. The Morgan fingerprint density at radius 3 is 2.60 bits per heavy atom. The maximum Gasteiger partial charge on any atom is 0.407 e. The van der Waals surface area contributed by atoms with Crippen LogP contribution in [-0.2, 0) is 0 Å². The summed E-state index contributed by atoms with van der Waals surface area (Å²) in [5.74, 6) is -0.109. The average molecular weight is 286 g/mol. The Kier molecular flexibility index (Phi) is 3.89. The minimum atomic E-state index is -4.36. The van der Waals surface area contributed by atoms with E-state index in [-0.39, 0.29) is 17.6 Å². The van der Waals surface area contributed by atoms with Crippen LogP contribution in [0.5, 0.6) is 0 Å². The number of nitrogens with two attached hydrogens (primary N) is 1. The molecular formula is C13H17F3N4. The maximum absolute atomic E-state index is 13.2. The molecule has 1 heterocycles. The van der Waals surface area contributed by atoms with Crippen molar-refractivity contribution in [3.63, 3.8) is 0 Å². The van der Waals surface area contributed by atoms with E-state index in [1.165, 1.54) is 17.0 Å². The van der Waals surface area contributed by atoms with Crippen LogP contribution in [0, 0.1) is 12.3 Å². The van der Waals surface area contributed by atoms with E-state index in [4.69, 9.17) is 11.1 Å². The lowest BCUT2D eigenvalue weighted by atomic mass is 10.0. The lowest BCUT2D eigenvalue weighted by Crippen LogP contribution is -2.62. The molecule has 0 aliphatic carbocycles. The van der Waals surface area contributed by atoms with Crippen molar-refractivity contribution in [2.75, 3.05) is 13.1 Å². The van der Waals surface area contributed by atoms with Gasteiger partial charge in [-0.15, -0.1) is 0 Å². The van der Waals surface area contributed by atoms with Gasteiger partial charge in [0.25, 0.3) is 0 Å². The van der Waals surface area contributed by atoms with Crippen LogP contribution in [-0.4, -0.2) is 36.2 Å². The second-order valence-electron chi connectivity index (χ2n) is 5.04. The molecule has 2 rings (SSSR count). The Morgan fingerprint density at radius 2 is 2.10 bits per heavy atom. The smallest absolute Gasteiger partial charge is 0.370 e. The highest BCUT2D eigenvalue weighted by Crippen LogP contribution is 2.34. The van der Waals surface area contributed by atoms with Crippen molar-refractivity contribution in [1.29, 1.82) is 5.41 Å². The maximum atomic E-state index is 13.2. The standard InChI is InChI=1S/C13H17F3N4/c1-8-3-2-4-9(5-8)11(13(14,15)16)19-10-6-20(7-10)12(17)18/h2-5,10-11,19H,6-7H2,1H3,(H3,17,18). The predicted molar refractivity (Wildman–Crippen MR) is 70.4 cm³/mol. The number of rotatable bonds is 3. The molecule has 4 N–H and O–H groups in total. The van der Waals surface area contributed by atoms with Crippen LogP contribution >= 0.6 is 0 Å². The van der Waals surface area contributed by atoms with Gasteiger partial charge in [0.1, 0.15) is 6.04 Å². The molecule has 1 saturated heterocycles. The molecule has 1 aliphatic rings. The number of nitrogens with one attached hydrogen (secondary N) is 2. The number of hydrogen-bond donors (Lipinski definition) is 3. The van der Waals surface area contributed by atoms with E-state index in [0.717, 1.165) is 5.56 Å². The first-order valence-corrected chi connectivity index (χ1v) is 6.25. The van der Waals surface area contributed by atoms with Crippen molar-refractivity contribution in [2.24, 2.45) is 5.73 Å². The third-order valence-corrected chi connectivity index (χ3v) is 3.33. The number of aryl methyl sites for hydroxylation is 1. The minimum Gasteiger partial charge on any atom is -0.370 e. The average Bonchev–Trinajstić information content (AvgIpc) is 2.24. The summed E-state index contributed by atoms with van der Waals surface area (Å²) in [6.07, 6.45) is -4.36. The van der Waals surface area contributed by atoms with E-state index in [1.807, 2.05) is 0 Å². The third kappa shape index (κ3) is 3.22. The molecule has 1 unspecified atom stereocenters. The zero-order valence-electron chi connectivity index (χ0n) is 11.0. The van der Waals surface area contributed by atoms with Crippen LogP contribution in [0.4, 0.5) is 13.2 Å². The zero-order chi connectivity index (χ0) is 14.9. The Morgan fingerprint density at radius 1 is 1.45 bits per heavy atom. The zero-order valence-corrected chi connectivity index (χ0v) is 11.0. The molecule has 0 aromatic heterocycles. The Hall–Kier alpha value is -1.76. The molecule has 1 aromatic rings. The van der Waals surface area contributed by atoms with E-state index in [9.17, 15) is 13.2 Å². The number of likely N-dealkylation sites (tertiary alicyclic amines) is 1. The molecule has 4 nitrogen and oxygen atoms in total. The van der Waals surface area contributed by atoms with Crippen molar-refractivity contribution < 1.29 is 13.2 Å². The molecule has 110 valence electrons. The second kappa shape index (κ2) is 5.32. The van der Waals surface area contributed by atoms with Gasteiger partial charge in [0, 0.05) is 19.1 Å². The lowest BCUT2D eigenvalue weighted by Gasteiger charge is -2.42. The van der Waals surface area contributed by atoms with E-state index in [2.05, 4.69) is 5.32 Å². The number of nitrogens with zero attached hydrogens (tertiary/aromatic N) is 1. The molecule has 1 fully saturated rings. The van der Waals surface area contributed by atoms with Gasteiger partial charge in [0.15, 0.2) is 5.96 Å². The summed E-state index contributed by atoms with van der Waals surface area (Å²) >= 11 is 0. The molecule has 1 atom stereocenters. The molecule has 20 heavy (non-hydrogen) atoms. The first kappa shape index (κ1) is 14.6. The van der Waals surface area contributed by atoms with Crippen LogP contribution in [0.1, 0.15) is 17.2 Å². The van der Waals surface area contributed by atoms with Crippen molar-refractivity contribution in [3.05, 3.63) is 35.4 Å². The number of halogens is 3. The van der Waals surface area contributed by atoms with Crippen molar-refractivity contribution in [2.45, 2.75) is 25.2 Å². The Labute approximate surface area is 115 Å². The number of guanidine groups is 1. The fraction of sp³-hybridized carbons (Fsp3) is 0.462. The van der Waals surface area contributed by atoms with Gasteiger partial charge in [-0.25, -0.2) is 0 Å². The highest BCUT2D eigenvalue weighted by Gasteiger charge is 2.43. The van der Waals surface area contributed by atoms with Crippen LogP contribution in [0.15, 0.2) is 24.3 Å². The Balaban J connectivity index is 2.09. The molecule has 0 bridgehead atoms. The molecule has 0 saturated carbocycles. The fourth-order valence-corrected chi connectivity index (χ4v) is 2.25. The number of benzene rings is 1. The highest BCUT2D eigenvalue weighted by atomic mass is 19.4. The summed E-state index contributed by atoms with van der Waals surface area (Å²) in [4.78, 5) is 1.52. The second-order valence-corrected chi connectivity index (χ2v) is 5.04. The predicted octanol–water partition coefficient (Wildman–Crippen LogP) is 1.77. The van der Waals surface area contributed by atoms with Gasteiger partial charge < -0.3 is 10.6 Å². The molecule has 1 aliphatic heterocycles. The lowest BCUT2D eigenvalue weighted by molar-refractivity contribution is -0.161. The summed E-state index contributed by atoms with van der Waals surface area (Å²) in [7, 11) is 0. The quantitative estimate of drug-likeness (QED) is 0.586. The van der Waals surface area contributed by atoms with Gasteiger partial charge in [-0.3, -0.25) is 10.7 Å². The summed E-state index contributed by atoms with van der Waals surface area (Å²) in [5.41, 5.74) is 6.26. The molecule has 1 aromatic carbocycles. The van der Waals surface area contributed by atoms with Crippen molar-refractivity contribution >= 4 is 5.96 Å². The largest absolute Gasteiger partial charge is 0.407 e. The van der Waals surface area contributed by atoms with Gasteiger partial charge in [-0.1, -0.05) is 29.8 Å². The van der Waals surface area contributed by atoms with E-state index in [1.54, 1.807) is 19.1 Å². The molecule has 0 amide bonds. The van der Waals surface area contributed by atoms with Gasteiger partial charge >= 0.3 is 6.18 Å². The SMILES string of the molecule is Cc1cccc(C(NC2CN(C(=N)N)C2)C(F)(F)F)c1. The number of alkyl halides is 3. The monoisotopic (exact) mass is 286 g/mol. The summed E-state index contributed by atoms with van der Waals surface area (Å²) in [6.45, 7) is 2.42. The van der Waals surface area contributed by atoms with Crippen LogP contribution in [0.25, 0.3) is 0 Å². The molecular weight excluding hydrogens is 269 g/mol. The van der Waals surface area contributed by atoms with Crippen LogP contribution < -0.4 is 11.1 Å². The highest BCUT2D eigenvalue weighted by molar-refractivity contribution is 5.75. The van der Waals surface area contributed by atoms with Gasteiger partial charge in [-0.2, -0.15) is 13.2 Å². The van der Waals surface area contributed by atoms with Gasteiger partial charge in [0.05, 0.1) is 0 Å². The fourth-order valence-electron chi connectivity index (χ4n) is 2.25. The van der Waals surface area contributed by atoms with Gasteiger partial charge in [-0.05, 0) is 12.5 Å². The summed E-state index contributed by atoms with van der Waals surface area (Å²) in [5, 5.41) is 9.80. The van der Waals surface area contributed by atoms with Crippen molar-refractivity contribution in [1.82, 2.24) is 10.2 Å². The molecule has 7 heteroatoms. The van der Waals surface area contributed by atoms with E-state index in [0.29, 0.717) is 13.1 Å². The first-order chi connectivity index (χ1) is 9.27. The van der Waals surface area contributed by atoms with Crippen molar-refractivity contribution in [3.8, 4) is 0 Å². The summed E-state index contributed by atoms with van der Waals surface area (Å²) < 4.78 is 39.5. The minimum absolute atomic E-state index is 0.109. The molecule has 0 radical (unpaired) electrons. The van der Waals surface area contributed by atoms with Crippen LogP contribution in [0.3, 0.4) is 0 Å².